The second-order valence-corrected chi connectivity index (χ2v) is 5.53. The Hall–Kier alpha value is -0.860. The van der Waals surface area contributed by atoms with Crippen LogP contribution in [0.1, 0.15) is 37.7 Å². The fourth-order valence-electron chi connectivity index (χ4n) is 2.86. The molecule has 0 bridgehead atoms. The minimum Gasteiger partial charge on any atom is -0.393 e. The zero-order valence-electron chi connectivity index (χ0n) is 11.4. The molecule has 2 heteroatoms. The van der Waals surface area contributed by atoms with Crippen LogP contribution in [0, 0.1) is 0 Å². The summed E-state index contributed by atoms with van der Waals surface area (Å²) in [4.78, 5) is 2.48. The number of benzene rings is 1. The third-order valence-electron chi connectivity index (χ3n) is 4.11. The third-order valence-corrected chi connectivity index (χ3v) is 4.11. The molecule has 1 aromatic rings. The zero-order chi connectivity index (χ0) is 12.8. The molecule has 2 rings (SSSR count). The van der Waals surface area contributed by atoms with Crippen LogP contribution >= 0.6 is 0 Å². The number of aliphatic hydroxyl groups excluding tert-OH is 1. The summed E-state index contributed by atoms with van der Waals surface area (Å²) in [7, 11) is 2.23. The lowest BCUT2D eigenvalue weighted by Crippen LogP contribution is -2.37. The lowest BCUT2D eigenvalue weighted by atomic mass is 9.92. The summed E-state index contributed by atoms with van der Waals surface area (Å²) < 4.78 is 0. The molecule has 0 radical (unpaired) electrons. The van der Waals surface area contributed by atoms with Gasteiger partial charge in [0.2, 0.25) is 0 Å². The van der Waals surface area contributed by atoms with Crippen molar-refractivity contribution in [3.05, 3.63) is 35.9 Å². The summed E-state index contributed by atoms with van der Waals surface area (Å²) in [5.41, 5.74) is 1.44. The van der Waals surface area contributed by atoms with Crippen molar-refractivity contribution in [3.8, 4) is 0 Å². The highest BCUT2D eigenvalue weighted by molar-refractivity contribution is 5.14. The van der Waals surface area contributed by atoms with E-state index in [9.17, 15) is 5.11 Å². The highest BCUT2D eigenvalue weighted by atomic mass is 16.3. The Morgan fingerprint density at radius 1 is 1.11 bits per heavy atom. The maximum absolute atomic E-state index is 9.51. The molecule has 0 aromatic heterocycles. The Morgan fingerprint density at radius 2 is 1.78 bits per heavy atom. The van der Waals surface area contributed by atoms with Gasteiger partial charge in [0.15, 0.2) is 0 Å². The second kappa shape index (κ2) is 6.91. The van der Waals surface area contributed by atoms with Crippen LogP contribution in [0.3, 0.4) is 0 Å². The molecule has 18 heavy (non-hydrogen) atoms. The van der Waals surface area contributed by atoms with Crippen molar-refractivity contribution >= 4 is 0 Å². The molecule has 2 nitrogen and oxygen atoms in total. The van der Waals surface area contributed by atoms with Gasteiger partial charge in [0.05, 0.1) is 6.10 Å². The smallest absolute Gasteiger partial charge is 0.0541 e. The van der Waals surface area contributed by atoms with Crippen molar-refractivity contribution in [3.63, 3.8) is 0 Å². The van der Waals surface area contributed by atoms with Gasteiger partial charge in [-0.05, 0) is 57.7 Å². The molecule has 100 valence electrons. The predicted molar refractivity (Wildman–Crippen MR) is 75.7 cm³/mol. The van der Waals surface area contributed by atoms with Crippen molar-refractivity contribution in [1.82, 2.24) is 4.90 Å². The van der Waals surface area contributed by atoms with Crippen LogP contribution < -0.4 is 0 Å². The van der Waals surface area contributed by atoms with E-state index in [4.69, 9.17) is 0 Å². The molecule has 0 saturated heterocycles. The van der Waals surface area contributed by atoms with E-state index >= 15 is 0 Å². The first-order valence-corrected chi connectivity index (χ1v) is 7.18. The van der Waals surface area contributed by atoms with Crippen LogP contribution in [0.15, 0.2) is 30.3 Å². The van der Waals surface area contributed by atoms with Gasteiger partial charge in [-0.15, -0.1) is 0 Å². The topological polar surface area (TPSA) is 23.5 Å². The third kappa shape index (κ3) is 4.11. The molecular formula is C16H25NO. The Labute approximate surface area is 111 Å². The quantitative estimate of drug-likeness (QED) is 0.865. The molecule has 1 aliphatic rings. The summed E-state index contributed by atoms with van der Waals surface area (Å²) in [6.07, 6.45) is 6.62. The first kappa shape index (κ1) is 13.6. The summed E-state index contributed by atoms with van der Waals surface area (Å²) in [6, 6.07) is 11.4. The Kier molecular flexibility index (Phi) is 5.21. The molecule has 0 spiro atoms. The zero-order valence-corrected chi connectivity index (χ0v) is 11.4. The number of aryl methyl sites for hydroxylation is 1. The van der Waals surface area contributed by atoms with E-state index in [1.165, 1.54) is 18.4 Å². The summed E-state index contributed by atoms with van der Waals surface area (Å²) in [5.74, 6) is 0. The molecule has 0 atom stereocenters. The van der Waals surface area contributed by atoms with Gasteiger partial charge in [-0.1, -0.05) is 30.3 Å². The molecule has 1 fully saturated rings. The van der Waals surface area contributed by atoms with Gasteiger partial charge in [-0.25, -0.2) is 0 Å². The van der Waals surface area contributed by atoms with E-state index in [0.29, 0.717) is 6.04 Å². The van der Waals surface area contributed by atoms with Crippen LogP contribution in [0.25, 0.3) is 0 Å². The SMILES string of the molecule is CN(CCCc1ccccc1)C1CCC(O)CC1. The van der Waals surface area contributed by atoms with Crippen molar-refractivity contribution in [1.29, 1.82) is 0 Å². The van der Waals surface area contributed by atoms with Gasteiger partial charge < -0.3 is 10.0 Å². The van der Waals surface area contributed by atoms with E-state index in [1.54, 1.807) is 0 Å². The first-order chi connectivity index (χ1) is 8.75. The minimum absolute atomic E-state index is 0.0426. The molecule has 0 amide bonds. The molecular weight excluding hydrogens is 222 g/mol. The second-order valence-electron chi connectivity index (χ2n) is 5.53. The molecule has 1 aromatic carbocycles. The lowest BCUT2D eigenvalue weighted by Gasteiger charge is -2.33. The monoisotopic (exact) mass is 247 g/mol. The van der Waals surface area contributed by atoms with Gasteiger partial charge >= 0.3 is 0 Å². The van der Waals surface area contributed by atoms with Crippen LogP contribution in [0.2, 0.25) is 0 Å². The molecule has 1 aliphatic carbocycles. The number of nitrogens with zero attached hydrogens (tertiary/aromatic N) is 1. The number of aliphatic hydroxyl groups is 1. The predicted octanol–water partition coefficient (Wildman–Crippen LogP) is 2.85. The average Bonchev–Trinajstić information content (AvgIpc) is 2.40. The molecule has 0 unspecified atom stereocenters. The van der Waals surface area contributed by atoms with Crippen molar-refractivity contribution < 1.29 is 5.11 Å². The van der Waals surface area contributed by atoms with E-state index < -0.39 is 0 Å². The van der Waals surface area contributed by atoms with Crippen LogP contribution in [-0.2, 0) is 6.42 Å². The highest BCUT2D eigenvalue weighted by Crippen LogP contribution is 2.22. The molecule has 1 N–H and O–H groups in total. The Bertz CT molecular complexity index is 330. The first-order valence-electron chi connectivity index (χ1n) is 7.18. The van der Waals surface area contributed by atoms with Crippen LogP contribution in [-0.4, -0.2) is 35.7 Å². The fourth-order valence-corrected chi connectivity index (χ4v) is 2.86. The summed E-state index contributed by atoms with van der Waals surface area (Å²) in [5, 5.41) is 9.51. The number of hydrogen-bond acceptors (Lipinski definition) is 2. The lowest BCUT2D eigenvalue weighted by molar-refractivity contribution is 0.0839. The molecule has 0 aliphatic heterocycles. The fraction of sp³-hybridized carbons (Fsp3) is 0.625. The molecule has 0 heterocycles. The van der Waals surface area contributed by atoms with Crippen molar-refractivity contribution in [2.75, 3.05) is 13.6 Å². The Morgan fingerprint density at radius 3 is 2.44 bits per heavy atom. The standard InChI is InChI=1S/C16H25NO/c1-17(15-9-11-16(18)12-10-15)13-5-8-14-6-3-2-4-7-14/h2-4,6-7,15-16,18H,5,8-13H2,1H3. The number of rotatable bonds is 5. The van der Waals surface area contributed by atoms with E-state index in [0.717, 1.165) is 32.2 Å². The number of hydrogen-bond donors (Lipinski definition) is 1. The normalized spacial score (nSPS) is 24.4. The van der Waals surface area contributed by atoms with Crippen molar-refractivity contribution in [2.45, 2.75) is 50.7 Å². The summed E-state index contributed by atoms with van der Waals surface area (Å²) >= 11 is 0. The van der Waals surface area contributed by atoms with Crippen LogP contribution in [0.5, 0.6) is 0 Å². The van der Waals surface area contributed by atoms with E-state index in [-0.39, 0.29) is 6.10 Å². The van der Waals surface area contributed by atoms with E-state index in [2.05, 4.69) is 42.3 Å². The summed E-state index contributed by atoms with van der Waals surface area (Å²) in [6.45, 7) is 1.16. The van der Waals surface area contributed by atoms with Gasteiger partial charge in [0.25, 0.3) is 0 Å². The van der Waals surface area contributed by atoms with E-state index in [1.807, 2.05) is 0 Å². The Balaban J connectivity index is 1.67. The maximum Gasteiger partial charge on any atom is 0.0541 e. The molecule has 1 saturated carbocycles. The largest absolute Gasteiger partial charge is 0.393 e. The van der Waals surface area contributed by atoms with Gasteiger partial charge in [0, 0.05) is 6.04 Å². The minimum atomic E-state index is -0.0426. The van der Waals surface area contributed by atoms with Gasteiger partial charge in [-0.2, -0.15) is 0 Å². The van der Waals surface area contributed by atoms with Gasteiger partial charge in [-0.3, -0.25) is 0 Å². The van der Waals surface area contributed by atoms with Crippen molar-refractivity contribution in [2.24, 2.45) is 0 Å². The van der Waals surface area contributed by atoms with Gasteiger partial charge in [0.1, 0.15) is 0 Å². The average molecular weight is 247 g/mol. The van der Waals surface area contributed by atoms with Crippen LogP contribution in [0.4, 0.5) is 0 Å². The maximum atomic E-state index is 9.51. The highest BCUT2D eigenvalue weighted by Gasteiger charge is 2.21.